The first kappa shape index (κ1) is 55.6. The Morgan fingerprint density at radius 1 is 0.600 bits per heavy atom. The van der Waals surface area contributed by atoms with Gasteiger partial charge in [0.2, 0.25) is 0 Å². The third-order valence-corrected chi connectivity index (χ3v) is 10.5. The van der Waals surface area contributed by atoms with Crippen molar-refractivity contribution in [2.24, 2.45) is 20.5 Å². The van der Waals surface area contributed by atoms with Crippen LogP contribution >= 0.6 is 0 Å². The predicted octanol–water partition coefficient (Wildman–Crippen LogP) is -6.57. The van der Waals surface area contributed by atoms with Crippen molar-refractivity contribution >= 4 is 69.6 Å². The number of hydrogen-bond acceptors (Lipinski definition) is 19. The van der Waals surface area contributed by atoms with E-state index in [1.54, 1.807) is 0 Å². The number of aromatic nitrogens is 2. The second-order valence-corrected chi connectivity index (χ2v) is 15.5. The summed E-state index contributed by atoms with van der Waals surface area (Å²) < 4.78 is 105. The van der Waals surface area contributed by atoms with E-state index in [-0.39, 0.29) is 168 Å². The minimum Gasteiger partial charge on any atom is -0.871 e. The smallest absolute Gasteiger partial charge is 0.871 e. The zero-order valence-electron chi connectivity index (χ0n) is 30.9. The molecule has 0 aliphatic rings. The number of aryl methyl sites for hydroxylation is 1. The number of benzene rings is 5. The largest absolute Gasteiger partial charge is 2.00 e. The van der Waals surface area contributed by atoms with Gasteiger partial charge in [0, 0.05) is 16.7 Å². The topological polar surface area (TPSA) is 357 Å². The van der Waals surface area contributed by atoms with E-state index in [0.717, 1.165) is 41.1 Å². The number of nitrogens with zero attached hydrogens (tertiary/aromatic N) is 6. The molecule has 28 heteroatoms. The third kappa shape index (κ3) is 11.8. The SMILES string of the molecule is Cc1nn(-c2ccc(S(=O)(=O)[O-])cc2)c([O-])c1N=Nc1ccc(-c2ccc(N=Nc3ccc4c(S(=O)(=O)[O-])cc(S(=O)(=O)[O-])c(N)c4c3[O-])c([O-])c2)cc1[O-].[Cu+2].[Cu+2].[Na+].[Na+].[Na+]. The van der Waals surface area contributed by atoms with Gasteiger partial charge in [-0.1, -0.05) is 47.6 Å². The van der Waals surface area contributed by atoms with Crippen LogP contribution in [0.25, 0.3) is 27.6 Å². The van der Waals surface area contributed by atoms with E-state index in [2.05, 4.69) is 25.6 Å². The first-order valence-electron chi connectivity index (χ1n) is 14.9. The summed E-state index contributed by atoms with van der Waals surface area (Å²) in [5.74, 6) is -3.32. The maximum Gasteiger partial charge on any atom is 2.00 e. The average molecular weight is 1000 g/mol. The number of rotatable bonds is 9. The second-order valence-electron chi connectivity index (χ2n) is 11.4. The van der Waals surface area contributed by atoms with Crippen molar-refractivity contribution in [2.75, 3.05) is 5.73 Å². The number of nitrogens with two attached hydrogens (primary N) is 1. The van der Waals surface area contributed by atoms with Crippen LogP contribution in [0.3, 0.4) is 0 Å². The molecule has 0 fully saturated rings. The van der Waals surface area contributed by atoms with Gasteiger partial charge in [0.05, 0.1) is 48.8 Å². The standard InChI is InChI=1S/C32H25N7O13S3.2Cu.3Na/c1-15-30(32(43)39(38-15)18-4-6-19(7-5-18)53(44,45)46)37-35-22-10-3-17(13-25(22)41)16-2-9-21(24(40)12-16)34-36-23-11-8-20-26(54(47,48)49)14-27(55(50,51)52)29(33)28(20)31(23)42;;;;;/h2-14,40-43H,33H2,1H3,(H,44,45,46)(H,47,48,49)(H,50,51,52);;;;;/q;2*+2;3*+1/p-7. The molecule has 0 amide bonds. The van der Waals surface area contributed by atoms with Crippen molar-refractivity contribution in [3.63, 3.8) is 0 Å². The summed E-state index contributed by atoms with van der Waals surface area (Å²) in [6, 6.07) is 14.1. The molecule has 0 aliphatic heterocycles. The van der Waals surface area contributed by atoms with Gasteiger partial charge in [0.15, 0.2) is 0 Å². The van der Waals surface area contributed by atoms with Crippen LogP contribution in [0.2, 0.25) is 0 Å². The molecule has 20 nitrogen and oxygen atoms in total. The zero-order chi connectivity index (χ0) is 40.2. The zero-order valence-corrected chi connectivity index (χ0v) is 41.2. The van der Waals surface area contributed by atoms with E-state index < -0.39 is 90.3 Å². The molecule has 6 rings (SSSR count). The van der Waals surface area contributed by atoms with Gasteiger partial charge in [-0.3, -0.25) is 0 Å². The Bertz CT molecular complexity index is 3000. The molecule has 1 heterocycles. The van der Waals surface area contributed by atoms with Gasteiger partial charge in [-0.2, -0.15) is 20.4 Å². The van der Waals surface area contributed by atoms with Crippen LogP contribution in [0.4, 0.5) is 28.4 Å². The van der Waals surface area contributed by atoms with E-state index in [1.165, 1.54) is 43.3 Å². The molecule has 302 valence electrons. The van der Waals surface area contributed by atoms with Gasteiger partial charge in [0.25, 0.3) is 0 Å². The van der Waals surface area contributed by atoms with Crippen LogP contribution in [0.1, 0.15) is 5.69 Å². The third-order valence-electron chi connectivity index (χ3n) is 7.87. The number of fused-ring (bicyclic) bond motifs is 1. The van der Waals surface area contributed by atoms with Gasteiger partial charge in [0.1, 0.15) is 36.0 Å². The van der Waals surface area contributed by atoms with Crippen LogP contribution in [-0.2, 0) is 64.5 Å². The van der Waals surface area contributed by atoms with Gasteiger partial charge in [-0.05, 0) is 66.6 Å². The van der Waals surface area contributed by atoms with E-state index in [0.29, 0.717) is 0 Å². The number of azo groups is 2. The molecule has 0 unspecified atom stereocenters. The Kier molecular flexibility index (Phi) is 19.7. The summed E-state index contributed by atoms with van der Waals surface area (Å²) >= 11 is 0. The fourth-order valence-corrected chi connectivity index (χ4v) is 7.12. The molecule has 0 saturated carbocycles. The summed E-state index contributed by atoms with van der Waals surface area (Å²) in [5, 5.41) is 69.8. The Morgan fingerprint density at radius 3 is 1.53 bits per heavy atom. The quantitative estimate of drug-likeness (QED) is 0.0609. The number of hydrogen-bond donors (Lipinski definition) is 1. The number of anilines is 1. The molecule has 6 aromatic rings. The van der Waals surface area contributed by atoms with Crippen LogP contribution in [-0.4, -0.2) is 48.7 Å². The van der Waals surface area contributed by atoms with E-state index in [9.17, 15) is 59.3 Å². The van der Waals surface area contributed by atoms with Gasteiger partial charge < -0.3 is 39.8 Å². The molecular formula is C32H18Cu2N7Na3O13S3. The molecule has 0 bridgehead atoms. The maximum atomic E-state index is 13.2. The molecule has 0 saturated heterocycles. The molecule has 2 N–H and O–H groups in total. The summed E-state index contributed by atoms with van der Waals surface area (Å²) in [7, 11) is -15.5. The van der Waals surface area contributed by atoms with E-state index >= 15 is 0 Å². The predicted molar refractivity (Wildman–Crippen MR) is 179 cm³/mol. The van der Waals surface area contributed by atoms with Crippen molar-refractivity contribution in [1.29, 1.82) is 0 Å². The molecular weight excluding hydrogens is 983 g/mol. The van der Waals surface area contributed by atoms with Gasteiger partial charge in [-0.15, -0.1) is 5.11 Å². The van der Waals surface area contributed by atoms with Crippen molar-refractivity contribution in [1.82, 2.24) is 9.78 Å². The summed E-state index contributed by atoms with van der Waals surface area (Å²) in [4.78, 5) is -2.98. The Morgan fingerprint density at radius 2 is 1.07 bits per heavy atom. The normalized spacial score (nSPS) is 11.6. The Labute approximate surface area is 428 Å². The second kappa shape index (κ2) is 21.3. The Hall–Kier alpha value is -2.46. The number of nitrogen functional groups attached to an aromatic ring is 1. The minimum absolute atomic E-state index is 0. The fraction of sp³-hybridized carbons (Fsp3) is 0.0312. The fourth-order valence-electron chi connectivity index (χ4n) is 5.24. The molecule has 60 heavy (non-hydrogen) atoms. The van der Waals surface area contributed by atoms with Crippen molar-refractivity contribution < 1.29 is 182 Å². The molecule has 0 aliphatic carbocycles. The average Bonchev–Trinajstić information content (AvgIpc) is 3.38. The molecule has 1 aromatic heterocycles. The van der Waals surface area contributed by atoms with Crippen LogP contribution in [0.5, 0.6) is 23.1 Å². The van der Waals surface area contributed by atoms with Crippen LogP contribution in [0, 0.1) is 6.92 Å². The minimum atomic E-state index is -5.44. The first-order chi connectivity index (χ1) is 25.6. The molecule has 0 atom stereocenters. The van der Waals surface area contributed by atoms with Crippen molar-refractivity contribution in [2.45, 2.75) is 21.6 Å². The van der Waals surface area contributed by atoms with E-state index in [1.807, 2.05) is 0 Å². The first-order valence-corrected chi connectivity index (χ1v) is 19.1. The maximum absolute atomic E-state index is 13.2. The molecule has 2 radical (unpaired) electrons. The van der Waals surface area contributed by atoms with Gasteiger partial charge in [-0.25, -0.2) is 29.9 Å². The Balaban J connectivity index is 0.00000360. The summed E-state index contributed by atoms with van der Waals surface area (Å²) in [6.07, 6.45) is 0. The molecule has 5 aromatic carbocycles. The van der Waals surface area contributed by atoms with Crippen LogP contribution < -0.4 is 115 Å². The van der Waals surface area contributed by atoms with Crippen molar-refractivity contribution in [3.05, 3.63) is 84.6 Å². The summed E-state index contributed by atoms with van der Waals surface area (Å²) in [6.45, 7) is 1.45. The summed E-state index contributed by atoms with van der Waals surface area (Å²) in [5.41, 5.74) is 4.33. The van der Waals surface area contributed by atoms with Crippen molar-refractivity contribution in [3.8, 4) is 39.9 Å². The van der Waals surface area contributed by atoms with Gasteiger partial charge >= 0.3 is 123 Å². The monoisotopic (exact) mass is 999 g/mol. The molecule has 0 spiro atoms. The van der Waals surface area contributed by atoms with Crippen LogP contribution in [0.15, 0.2) is 114 Å². The van der Waals surface area contributed by atoms with E-state index in [4.69, 9.17) is 5.73 Å².